The molecule has 3 aromatic rings. The molecule has 3 rings (SSSR count). The molecule has 0 atom stereocenters. The van der Waals surface area contributed by atoms with Gasteiger partial charge in [0.25, 0.3) is 0 Å². The lowest BCUT2D eigenvalue weighted by atomic mass is 10.1. The first-order valence-electron chi connectivity index (χ1n) is 5.77. The molecule has 0 amide bonds. The number of aromatic nitrogens is 2. The van der Waals surface area contributed by atoms with Crippen LogP contribution in [0, 0.1) is 6.92 Å². The van der Waals surface area contributed by atoms with E-state index >= 15 is 0 Å². The van der Waals surface area contributed by atoms with Crippen LogP contribution in [0.15, 0.2) is 40.9 Å². The highest BCUT2D eigenvalue weighted by atomic mass is 79.9. The van der Waals surface area contributed by atoms with Gasteiger partial charge in [-0.1, -0.05) is 23.7 Å². The van der Waals surface area contributed by atoms with Gasteiger partial charge in [0.15, 0.2) is 0 Å². The van der Waals surface area contributed by atoms with Crippen LogP contribution >= 0.6 is 27.5 Å². The molecule has 1 aromatic carbocycles. The SMILES string of the molecule is Cc1cccc2nc(-c3ccc(Cl)c(Br)c3)c(N)n12. The summed E-state index contributed by atoms with van der Waals surface area (Å²) in [4.78, 5) is 4.59. The van der Waals surface area contributed by atoms with Crippen molar-refractivity contribution < 1.29 is 0 Å². The Morgan fingerprint density at radius 3 is 2.74 bits per heavy atom. The van der Waals surface area contributed by atoms with E-state index in [1.165, 1.54) is 0 Å². The van der Waals surface area contributed by atoms with Gasteiger partial charge in [-0.2, -0.15) is 0 Å². The number of nitrogens with two attached hydrogens (primary N) is 1. The third kappa shape index (κ3) is 2.01. The molecule has 2 aromatic heterocycles. The first-order valence-corrected chi connectivity index (χ1v) is 6.94. The number of rotatable bonds is 1. The average molecular weight is 337 g/mol. The topological polar surface area (TPSA) is 43.3 Å². The molecular formula is C14H11BrClN3. The molecular weight excluding hydrogens is 326 g/mol. The van der Waals surface area contributed by atoms with Gasteiger partial charge in [-0.25, -0.2) is 4.98 Å². The molecule has 2 N–H and O–H groups in total. The normalized spacial score (nSPS) is 11.1. The fourth-order valence-electron chi connectivity index (χ4n) is 2.14. The van der Waals surface area contributed by atoms with Gasteiger partial charge in [-0.15, -0.1) is 0 Å². The second kappa shape index (κ2) is 4.54. The quantitative estimate of drug-likeness (QED) is 0.719. The molecule has 0 bridgehead atoms. The number of anilines is 1. The Bertz CT molecular complexity index is 780. The van der Waals surface area contributed by atoms with Crippen molar-refractivity contribution in [1.82, 2.24) is 9.38 Å². The lowest BCUT2D eigenvalue weighted by Gasteiger charge is -2.03. The van der Waals surface area contributed by atoms with E-state index in [0.717, 1.165) is 27.1 Å². The Balaban J connectivity index is 2.28. The van der Waals surface area contributed by atoms with Gasteiger partial charge in [-0.3, -0.25) is 4.40 Å². The summed E-state index contributed by atoms with van der Waals surface area (Å²) < 4.78 is 2.78. The molecule has 0 saturated carbocycles. The number of aryl methyl sites for hydroxylation is 1. The van der Waals surface area contributed by atoms with Crippen LogP contribution in [0.3, 0.4) is 0 Å². The van der Waals surface area contributed by atoms with Gasteiger partial charge in [0, 0.05) is 15.7 Å². The van der Waals surface area contributed by atoms with Crippen LogP contribution in [0.2, 0.25) is 5.02 Å². The van der Waals surface area contributed by atoms with Crippen molar-refractivity contribution in [2.24, 2.45) is 0 Å². The molecule has 0 saturated heterocycles. The number of hydrogen-bond acceptors (Lipinski definition) is 2. The van der Waals surface area contributed by atoms with Crippen LogP contribution in [0.5, 0.6) is 0 Å². The van der Waals surface area contributed by atoms with Crippen LogP contribution in [-0.2, 0) is 0 Å². The highest BCUT2D eigenvalue weighted by molar-refractivity contribution is 9.10. The van der Waals surface area contributed by atoms with Crippen molar-refractivity contribution in [1.29, 1.82) is 0 Å². The number of fused-ring (bicyclic) bond motifs is 1. The summed E-state index contributed by atoms with van der Waals surface area (Å²) in [5.41, 5.74) is 9.83. The molecule has 0 aliphatic carbocycles. The molecule has 96 valence electrons. The molecule has 0 aliphatic heterocycles. The molecule has 19 heavy (non-hydrogen) atoms. The number of hydrogen-bond donors (Lipinski definition) is 1. The summed E-state index contributed by atoms with van der Waals surface area (Å²) >= 11 is 9.43. The summed E-state index contributed by atoms with van der Waals surface area (Å²) in [5.74, 6) is 0.641. The van der Waals surface area contributed by atoms with Crippen LogP contribution in [0.1, 0.15) is 5.69 Å². The van der Waals surface area contributed by atoms with Crippen LogP contribution < -0.4 is 5.73 Å². The van der Waals surface area contributed by atoms with Crippen molar-refractivity contribution in [3.8, 4) is 11.3 Å². The first kappa shape index (κ1) is 12.5. The van der Waals surface area contributed by atoms with Crippen molar-refractivity contribution in [3.05, 3.63) is 51.6 Å². The monoisotopic (exact) mass is 335 g/mol. The Hall–Kier alpha value is -1.52. The smallest absolute Gasteiger partial charge is 0.139 e. The van der Waals surface area contributed by atoms with Gasteiger partial charge >= 0.3 is 0 Å². The highest BCUT2D eigenvalue weighted by Gasteiger charge is 2.13. The zero-order valence-electron chi connectivity index (χ0n) is 10.2. The van der Waals surface area contributed by atoms with Gasteiger partial charge in [-0.05, 0) is 47.1 Å². The van der Waals surface area contributed by atoms with Crippen molar-refractivity contribution in [3.63, 3.8) is 0 Å². The van der Waals surface area contributed by atoms with Gasteiger partial charge in [0.2, 0.25) is 0 Å². The van der Waals surface area contributed by atoms with Gasteiger partial charge in [0.1, 0.15) is 17.2 Å². The van der Waals surface area contributed by atoms with Crippen LogP contribution in [0.4, 0.5) is 5.82 Å². The molecule has 0 radical (unpaired) electrons. The first-order chi connectivity index (χ1) is 9.08. The van der Waals surface area contributed by atoms with E-state index in [9.17, 15) is 0 Å². The molecule has 0 unspecified atom stereocenters. The minimum absolute atomic E-state index is 0.641. The predicted molar refractivity (Wildman–Crippen MR) is 82.5 cm³/mol. The average Bonchev–Trinajstić information content (AvgIpc) is 2.72. The van der Waals surface area contributed by atoms with Gasteiger partial charge < -0.3 is 5.73 Å². The van der Waals surface area contributed by atoms with E-state index in [0.29, 0.717) is 10.8 Å². The minimum atomic E-state index is 0.641. The summed E-state index contributed by atoms with van der Waals surface area (Å²) in [6.45, 7) is 2.01. The summed E-state index contributed by atoms with van der Waals surface area (Å²) in [6.07, 6.45) is 0. The maximum atomic E-state index is 6.21. The van der Waals surface area contributed by atoms with E-state index in [1.54, 1.807) is 0 Å². The zero-order valence-corrected chi connectivity index (χ0v) is 12.5. The van der Waals surface area contributed by atoms with Crippen LogP contribution in [-0.4, -0.2) is 9.38 Å². The molecule has 0 spiro atoms. The fraction of sp³-hybridized carbons (Fsp3) is 0.0714. The number of pyridine rings is 1. The van der Waals surface area contributed by atoms with E-state index in [4.69, 9.17) is 17.3 Å². The van der Waals surface area contributed by atoms with Crippen molar-refractivity contribution >= 4 is 39.0 Å². The number of nitrogens with zero attached hydrogens (tertiary/aromatic N) is 2. The third-order valence-corrected chi connectivity index (χ3v) is 4.28. The molecule has 2 heterocycles. The van der Waals surface area contributed by atoms with E-state index in [2.05, 4.69) is 20.9 Å². The number of benzene rings is 1. The third-order valence-electron chi connectivity index (χ3n) is 3.07. The van der Waals surface area contributed by atoms with Gasteiger partial charge in [0.05, 0.1) is 5.02 Å². The van der Waals surface area contributed by atoms with Crippen molar-refractivity contribution in [2.75, 3.05) is 5.73 Å². The Kier molecular flexibility index (Phi) is 2.99. The van der Waals surface area contributed by atoms with E-state index in [-0.39, 0.29) is 0 Å². The summed E-state index contributed by atoms with van der Waals surface area (Å²) in [5, 5.41) is 0.669. The lowest BCUT2D eigenvalue weighted by Crippen LogP contribution is -1.97. The number of imidazole rings is 1. The van der Waals surface area contributed by atoms with E-state index in [1.807, 2.05) is 47.7 Å². The summed E-state index contributed by atoms with van der Waals surface area (Å²) in [6, 6.07) is 11.6. The maximum Gasteiger partial charge on any atom is 0.139 e. The second-order valence-corrected chi connectivity index (χ2v) is 5.60. The predicted octanol–water partition coefficient (Wildman–Crippen LogP) is 4.31. The van der Waals surface area contributed by atoms with Crippen LogP contribution in [0.25, 0.3) is 16.9 Å². The zero-order chi connectivity index (χ0) is 13.6. The lowest BCUT2D eigenvalue weighted by molar-refractivity contribution is 1.10. The standard InChI is InChI=1S/C14H11BrClN3/c1-8-3-2-4-12-18-13(14(17)19(8)12)9-5-6-11(16)10(15)7-9/h2-7H,17H2,1H3. The molecule has 0 fully saturated rings. The molecule has 5 heteroatoms. The highest BCUT2D eigenvalue weighted by Crippen LogP contribution is 2.32. The number of nitrogen functional groups attached to an aromatic ring is 1. The molecule has 3 nitrogen and oxygen atoms in total. The largest absolute Gasteiger partial charge is 0.383 e. The fourth-order valence-corrected chi connectivity index (χ4v) is 2.63. The summed E-state index contributed by atoms with van der Waals surface area (Å²) in [7, 11) is 0. The Morgan fingerprint density at radius 2 is 2.05 bits per heavy atom. The minimum Gasteiger partial charge on any atom is -0.383 e. The molecule has 0 aliphatic rings. The Morgan fingerprint density at radius 1 is 1.26 bits per heavy atom. The second-order valence-electron chi connectivity index (χ2n) is 4.34. The Labute approximate surface area is 124 Å². The van der Waals surface area contributed by atoms with Crippen molar-refractivity contribution in [2.45, 2.75) is 6.92 Å². The maximum absolute atomic E-state index is 6.21. The van der Waals surface area contributed by atoms with E-state index < -0.39 is 0 Å². The number of halogens is 2.